The summed E-state index contributed by atoms with van der Waals surface area (Å²) in [4.78, 5) is 29.5. The van der Waals surface area contributed by atoms with Crippen LogP contribution in [0.2, 0.25) is 0 Å². The Bertz CT molecular complexity index is 805. The highest BCUT2D eigenvalue weighted by molar-refractivity contribution is 5.95. The molecule has 1 unspecified atom stereocenters. The van der Waals surface area contributed by atoms with Crippen LogP contribution in [-0.2, 0) is 19.7 Å². The van der Waals surface area contributed by atoms with Gasteiger partial charge in [-0.1, -0.05) is 45.0 Å². The van der Waals surface area contributed by atoms with E-state index in [1.165, 1.54) is 10.5 Å². The number of ether oxygens (including phenoxy) is 2. The summed E-state index contributed by atoms with van der Waals surface area (Å²) < 4.78 is 10.8. The molecule has 2 aliphatic rings. The van der Waals surface area contributed by atoms with Crippen molar-refractivity contribution >= 4 is 12.0 Å². The fourth-order valence-corrected chi connectivity index (χ4v) is 3.79. The Morgan fingerprint density at radius 1 is 1.20 bits per heavy atom. The Labute approximate surface area is 179 Å². The zero-order chi connectivity index (χ0) is 21.9. The van der Waals surface area contributed by atoms with Gasteiger partial charge in [0.2, 0.25) is 0 Å². The van der Waals surface area contributed by atoms with E-state index >= 15 is 0 Å². The Morgan fingerprint density at radius 2 is 1.83 bits per heavy atom. The van der Waals surface area contributed by atoms with Crippen LogP contribution in [0.5, 0.6) is 0 Å². The van der Waals surface area contributed by atoms with Crippen LogP contribution in [0.4, 0.5) is 4.79 Å². The lowest BCUT2D eigenvalue weighted by Crippen LogP contribution is -2.50. The lowest BCUT2D eigenvalue weighted by Gasteiger charge is -2.37. The summed E-state index contributed by atoms with van der Waals surface area (Å²) in [5.41, 5.74) is 3.27. The van der Waals surface area contributed by atoms with Crippen LogP contribution in [0.1, 0.15) is 44.9 Å². The van der Waals surface area contributed by atoms with Gasteiger partial charge in [-0.2, -0.15) is 0 Å². The largest absolute Gasteiger partial charge is 0.463 e. The molecule has 3 rings (SSSR count). The first kappa shape index (κ1) is 22.3. The van der Waals surface area contributed by atoms with Crippen molar-refractivity contribution in [3.05, 3.63) is 46.7 Å². The highest BCUT2D eigenvalue weighted by atomic mass is 16.5. The molecule has 0 aliphatic carbocycles. The van der Waals surface area contributed by atoms with E-state index in [0.717, 1.165) is 18.7 Å². The molecule has 1 aromatic carbocycles. The van der Waals surface area contributed by atoms with Gasteiger partial charge in [-0.15, -0.1) is 0 Å². The number of urea groups is 1. The first-order valence-corrected chi connectivity index (χ1v) is 10.6. The molecule has 0 bridgehead atoms. The molecular formula is C23H33N3O4. The van der Waals surface area contributed by atoms with Gasteiger partial charge in [0.25, 0.3) is 0 Å². The van der Waals surface area contributed by atoms with Gasteiger partial charge in [-0.05, 0) is 23.5 Å². The normalized spacial score (nSPS) is 20.9. The molecule has 30 heavy (non-hydrogen) atoms. The minimum Gasteiger partial charge on any atom is -0.463 e. The van der Waals surface area contributed by atoms with Gasteiger partial charge < -0.3 is 14.8 Å². The quantitative estimate of drug-likeness (QED) is 0.749. The maximum atomic E-state index is 13.0. The third kappa shape index (κ3) is 4.84. The lowest BCUT2D eigenvalue weighted by molar-refractivity contribution is -0.139. The second-order valence-electron chi connectivity index (χ2n) is 8.78. The fourth-order valence-electron chi connectivity index (χ4n) is 3.79. The summed E-state index contributed by atoms with van der Waals surface area (Å²) in [6.45, 7) is 11.9. The summed E-state index contributed by atoms with van der Waals surface area (Å²) in [5.74, 6) is -0.391. The number of likely N-dealkylation sites (N-methyl/N-ethyl adjacent to an activating group) is 1. The molecule has 1 saturated heterocycles. The molecule has 0 radical (unpaired) electrons. The first-order chi connectivity index (χ1) is 14.2. The number of carbonyl (C=O) groups is 2. The van der Waals surface area contributed by atoms with Crippen LogP contribution in [0.25, 0.3) is 0 Å². The smallest absolute Gasteiger partial charge is 0.338 e. The van der Waals surface area contributed by atoms with Crippen LogP contribution in [0.15, 0.2) is 35.5 Å². The monoisotopic (exact) mass is 415 g/mol. The van der Waals surface area contributed by atoms with E-state index in [1.807, 2.05) is 12.1 Å². The Kier molecular flexibility index (Phi) is 6.83. The van der Waals surface area contributed by atoms with Crippen molar-refractivity contribution in [2.75, 3.05) is 46.5 Å². The van der Waals surface area contributed by atoms with Gasteiger partial charge in [-0.25, -0.2) is 9.59 Å². The molecule has 0 saturated carbocycles. The second-order valence-corrected chi connectivity index (χ2v) is 8.78. The SMILES string of the molecule is CCOC(=O)C1=C(CN2CCOCC2)N(C)C(=O)NC1c1ccc(C(C)(C)C)cc1. The minimum absolute atomic E-state index is 0.0237. The van der Waals surface area contributed by atoms with Crippen molar-refractivity contribution in [3.63, 3.8) is 0 Å². The molecule has 2 amide bonds. The number of amides is 2. The number of hydrogen-bond donors (Lipinski definition) is 1. The molecular weight excluding hydrogens is 382 g/mol. The zero-order valence-electron chi connectivity index (χ0n) is 18.7. The van der Waals surface area contributed by atoms with E-state index in [0.29, 0.717) is 31.0 Å². The number of rotatable bonds is 5. The molecule has 0 spiro atoms. The number of carbonyl (C=O) groups excluding carboxylic acids is 2. The van der Waals surface area contributed by atoms with E-state index in [4.69, 9.17) is 9.47 Å². The summed E-state index contributed by atoms with van der Waals surface area (Å²) >= 11 is 0. The number of nitrogens with zero attached hydrogens (tertiary/aromatic N) is 2. The van der Waals surface area contributed by atoms with Gasteiger partial charge in [0.1, 0.15) is 0 Å². The molecule has 0 aromatic heterocycles. The molecule has 7 heteroatoms. The first-order valence-electron chi connectivity index (χ1n) is 10.6. The zero-order valence-corrected chi connectivity index (χ0v) is 18.7. The molecule has 164 valence electrons. The van der Waals surface area contributed by atoms with E-state index in [9.17, 15) is 9.59 Å². The third-order valence-corrected chi connectivity index (χ3v) is 5.66. The number of esters is 1. The summed E-state index contributed by atoms with van der Waals surface area (Å²) in [5, 5.41) is 2.98. The number of nitrogens with one attached hydrogen (secondary N) is 1. The maximum absolute atomic E-state index is 13.0. The predicted octanol–water partition coefficient (Wildman–Crippen LogP) is 2.83. The highest BCUT2D eigenvalue weighted by Crippen LogP contribution is 2.33. The predicted molar refractivity (Wildman–Crippen MR) is 115 cm³/mol. The molecule has 2 heterocycles. The van der Waals surface area contributed by atoms with E-state index in [-0.39, 0.29) is 18.1 Å². The van der Waals surface area contributed by atoms with Crippen LogP contribution in [0.3, 0.4) is 0 Å². The van der Waals surface area contributed by atoms with E-state index in [1.54, 1.807) is 14.0 Å². The summed E-state index contributed by atoms with van der Waals surface area (Å²) in [6.07, 6.45) is 0. The van der Waals surface area contributed by atoms with Crippen LogP contribution >= 0.6 is 0 Å². The van der Waals surface area contributed by atoms with Crippen molar-refractivity contribution in [2.24, 2.45) is 0 Å². The van der Waals surface area contributed by atoms with Gasteiger partial charge in [0.15, 0.2) is 0 Å². The lowest BCUT2D eigenvalue weighted by atomic mass is 9.85. The van der Waals surface area contributed by atoms with Crippen LogP contribution < -0.4 is 5.32 Å². The summed E-state index contributed by atoms with van der Waals surface area (Å²) in [7, 11) is 1.70. The highest BCUT2D eigenvalue weighted by Gasteiger charge is 2.37. The molecule has 1 fully saturated rings. The molecule has 2 aliphatic heterocycles. The van der Waals surface area contributed by atoms with Crippen molar-refractivity contribution in [1.82, 2.24) is 15.1 Å². The summed E-state index contributed by atoms with van der Waals surface area (Å²) in [6, 6.07) is 7.33. The van der Waals surface area contributed by atoms with Gasteiger partial charge in [0, 0.05) is 32.4 Å². The third-order valence-electron chi connectivity index (χ3n) is 5.66. The van der Waals surface area contributed by atoms with Crippen molar-refractivity contribution < 1.29 is 19.1 Å². The van der Waals surface area contributed by atoms with Crippen LogP contribution in [-0.4, -0.2) is 68.3 Å². The average Bonchev–Trinajstić information content (AvgIpc) is 2.71. The molecule has 7 nitrogen and oxygen atoms in total. The van der Waals surface area contributed by atoms with Gasteiger partial charge >= 0.3 is 12.0 Å². The van der Waals surface area contributed by atoms with Crippen molar-refractivity contribution in [2.45, 2.75) is 39.2 Å². The van der Waals surface area contributed by atoms with Crippen LogP contribution in [0, 0.1) is 0 Å². The number of benzene rings is 1. The maximum Gasteiger partial charge on any atom is 0.338 e. The van der Waals surface area contributed by atoms with E-state index in [2.05, 4.69) is 43.1 Å². The second kappa shape index (κ2) is 9.18. The average molecular weight is 416 g/mol. The minimum atomic E-state index is -0.544. The fraction of sp³-hybridized carbons (Fsp3) is 0.565. The Hall–Kier alpha value is -2.38. The Morgan fingerprint density at radius 3 is 2.40 bits per heavy atom. The number of morpholine rings is 1. The molecule has 1 N–H and O–H groups in total. The van der Waals surface area contributed by atoms with Crippen molar-refractivity contribution in [3.8, 4) is 0 Å². The molecule has 1 atom stereocenters. The van der Waals surface area contributed by atoms with Gasteiger partial charge in [-0.3, -0.25) is 9.80 Å². The van der Waals surface area contributed by atoms with Gasteiger partial charge in [0.05, 0.1) is 31.4 Å². The molecule has 1 aromatic rings. The topological polar surface area (TPSA) is 71.1 Å². The Balaban J connectivity index is 2.02. The van der Waals surface area contributed by atoms with Crippen molar-refractivity contribution in [1.29, 1.82) is 0 Å². The van der Waals surface area contributed by atoms with E-state index < -0.39 is 12.0 Å². The standard InChI is InChI=1S/C23H33N3O4/c1-6-30-21(27)19-18(15-26-11-13-29-14-12-26)25(5)22(28)24-20(19)16-7-9-17(10-8-16)23(2,3)4/h7-10,20H,6,11-15H2,1-5H3,(H,24,28). The number of hydrogen-bond acceptors (Lipinski definition) is 5.